The van der Waals surface area contributed by atoms with Crippen LogP contribution in [0.1, 0.15) is 23.1 Å². The van der Waals surface area contributed by atoms with Crippen LogP contribution in [-0.4, -0.2) is 55.8 Å². The molecule has 1 unspecified atom stereocenters. The molecule has 0 saturated carbocycles. The Morgan fingerprint density at radius 3 is 2.73 bits per heavy atom. The van der Waals surface area contributed by atoms with Gasteiger partial charge in [-0.05, 0) is 37.8 Å². The molecule has 5 nitrogen and oxygen atoms in total. The Balaban J connectivity index is 1.59. The highest BCUT2D eigenvalue weighted by molar-refractivity contribution is 5.96. The molecule has 2 aliphatic heterocycles. The molecule has 2 fully saturated rings. The van der Waals surface area contributed by atoms with Crippen LogP contribution in [0.3, 0.4) is 0 Å². The molecule has 0 amide bonds. The van der Waals surface area contributed by atoms with E-state index in [-0.39, 0.29) is 0 Å². The average Bonchev–Trinajstić information content (AvgIpc) is 3.14. The summed E-state index contributed by atoms with van der Waals surface area (Å²) in [6.45, 7) is 11.1. The predicted molar refractivity (Wildman–Crippen MR) is 104 cm³/mol. The molecular formula is C21H26N4O. The highest BCUT2D eigenvalue weighted by Crippen LogP contribution is 2.32. The zero-order valence-electron chi connectivity index (χ0n) is 15.7. The number of rotatable bonds is 3. The minimum Gasteiger partial charge on any atom is -0.381 e. The summed E-state index contributed by atoms with van der Waals surface area (Å²) in [7, 11) is 0. The molecule has 2 saturated heterocycles. The van der Waals surface area contributed by atoms with Crippen LogP contribution in [0.2, 0.25) is 0 Å². The van der Waals surface area contributed by atoms with Crippen LogP contribution in [-0.2, 0) is 4.74 Å². The van der Waals surface area contributed by atoms with Crippen molar-refractivity contribution in [2.75, 3.05) is 50.8 Å². The van der Waals surface area contributed by atoms with Crippen molar-refractivity contribution in [3.8, 4) is 6.07 Å². The third-order valence-electron chi connectivity index (χ3n) is 5.63. The number of ether oxygens (including phenoxy) is 1. The van der Waals surface area contributed by atoms with Crippen molar-refractivity contribution < 1.29 is 4.74 Å². The molecule has 26 heavy (non-hydrogen) atoms. The van der Waals surface area contributed by atoms with E-state index in [1.807, 2.05) is 0 Å². The normalized spacial score (nSPS) is 21.3. The molecule has 136 valence electrons. The van der Waals surface area contributed by atoms with E-state index >= 15 is 0 Å². The van der Waals surface area contributed by atoms with E-state index in [0.29, 0.717) is 11.5 Å². The quantitative estimate of drug-likeness (QED) is 0.852. The Labute approximate surface area is 155 Å². The number of anilines is 1. The molecule has 1 aromatic carbocycles. The Morgan fingerprint density at radius 1 is 1.23 bits per heavy atom. The first kappa shape index (κ1) is 17.3. The van der Waals surface area contributed by atoms with Crippen molar-refractivity contribution in [2.24, 2.45) is 5.92 Å². The Bertz CT molecular complexity index is 843. The van der Waals surface area contributed by atoms with Crippen LogP contribution < -0.4 is 4.90 Å². The minimum absolute atomic E-state index is 0.681. The number of fused-ring (bicyclic) bond motifs is 1. The van der Waals surface area contributed by atoms with E-state index in [2.05, 4.69) is 46.8 Å². The second-order valence-electron chi connectivity index (χ2n) is 7.63. The third kappa shape index (κ3) is 3.27. The smallest absolute Gasteiger partial charge is 0.103 e. The lowest BCUT2D eigenvalue weighted by Crippen LogP contribution is -2.48. The molecule has 5 heteroatoms. The van der Waals surface area contributed by atoms with Crippen molar-refractivity contribution in [1.82, 2.24) is 9.88 Å². The van der Waals surface area contributed by atoms with Crippen LogP contribution in [0.5, 0.6) is 0 Å². The molecule has 2 aromatic rings. The topological polar surface area (TPSA) is 52.4 Å². The van der Waals surface area contributed by atoms with Gasteiger partial charge in [-0.15, -0.1) is 0 Å². The van der Waals surface area contributed by atoms with Crippen LogP contribution >= 0.6 is 0 Å². The van der Waals surface area contributed by atoms with Gasteiger partial charge in [0, 0.05) is 50.9 Å². The van der Waals surface area contributed by atoms with Gasteiger partial charge in [-0.25, -0.2) is 0 Å². The molecule has 3 heterocycles. The maximum absolute atomic E-state index is 9.65. The Morgan fingerprint density at radius 2 is 2.04 bits per heavy atom. The van der Waals surface area contributed by atoms with Gasteiger partial charge in [0.15, 0.2) is 0 Å². The average molecular weight is 350 g/mol. The number of nitriles is 1. The maximum atomic E-state index is 9.65. The molecular weight excluding hydrogens is 324 g/mol. The maximum Gasteiger partial charge on any atom is 0.103 e. The van der Waals surface area contributed by atoms with E-state index in [1.54, 1.807) is 6.20 Å². The van der Waals surface area contributed by atoms with Crippen molar-refractivity contribution in [3.05, 3.63) is 35.0 Å². The van der Waals surface area contributed by atoms with Crippen molar-refractivity contribution >= 4 is 16.6 Å². The number of aromatic nitrogens is 1. The van der Waals surface area contributed by atoms with Crippen LogP contribution in [0.4, 0.5) is 5.69 Å². The number of nitrogens with zero attached hydrogens (tertiary/aromatic N) is 4. The number of benzene rings is 1. The molecule has 0 radical (unpaired) electrons. The number of pyridine rings is 1. The first-order valence-electron chi connectivity index (χ1n) is 9.51. The van der Waals surface area contributed by atoms with Crippen molar-refractivity contribution in [2.45, 2.75) is 20.3 Å². The first-order chi connectivity index (χ1) is 12.7. The third-order valence-corrected chi connectivity index (χ3v) is 5.63. The number of hydrogen-bond donors (Lipinski definition) is 0. The Kier molecular flexibility index (Phi) is 4.80. The summed E-state index contributed by atoms with van der Waals surface area (Å²) in [5, 5.41) is 10.8. The van der Waals surface area contributed by atoms with Gasteiger partial charge in [-0.3, -0.25) is 9.88 Å². The highest BCUT2D eigenvalue weighted by atomic mass is 16.5. The van der Waals surface area contributed by atoms with Gasteiger partial charge in [-0.1, -0.05) is 11.6 Å². The lowest BCUT2D eigenvalue weighted by Gasteiger charge is -2.37. The summed E-state index contributed by atoms with van der Waals surface area (Å²) in [6.07, 6.45) is 2.93. The van der Waals surface area contributed by atoms with Crippen LogP contribution in [0.15, 0.2) is 18.3 Å². The van der Waals surface area contributed by atoms with Gasteiger partial charge in [0.1, 0.15) is 6.07 Å². The number of aryl methyl sites for hydroxylation is 2. The minimum atomic E-state index is 0.681. The van der Waals surface area contributed by atoms with Crippen LogP contribution in [0.25, 0.3) is 10.9 Å². The molecule has 2 aliphatic rings. The van der Waals surface area contributed by atoms with Crippen LogP contribution in [0, 0.1) is 31.1 Å². The fraction of sp³-hybridized carbons (Fsp3) is 0.524. The molecule has 0 spiro atoms. The summed E-state index contributed by atoms with van der Waals surface area (Å²) in [4.78, 5) is 9.48. The standard InChI is InChI=1S/C21H26N4O/c1-15-9-16(2)20-19(10-15)21(18(11-22)12-23-20)25-6-4-24(5-7-25)13-17-3-8-26-14-17/h9-10,12,17H,3-8,13-14H2,1-2H3. The largest absolute Gasteiger partial charge is 0.381 e. The number of piperazine rings is 1. The molecule has 1 atom stereocenters. The van der Waals surface area contributed by atoms with E-state index in [0.717, 1.165) is 62.5 Å². The molecule has 4 rings (SSSR count). The van der Waals surface area contributed by atoms with E-state index in [1.165, 1.54) is 17.5 Å². The zero-order valence-corrected chi connectivity index (χ0v) is 15.7. The fourth-order valence-electron chi connectivity index (χ4n) is 4.32. The summed E-state index contributed by atoms with van der Waals surface area (Å²) in [6, 6.07) is 6.69. The highest BCUT2D eigenvalue weighted by Gasteiger charge is 2.25. The molecule has 0 aliphatic carbocycles. The summed E-state index contributed by atoms with van der Waals surface area (Å²) in [5.74, 6) is 0.684. The molecule has 1 aromatic heterocycles. The van der Waals surface area contributed by atoms with Gasteiger partial charge in [0.2, 0.25) is 0 Å². The van der Waals surface area contributed by atoms with Gasteiger partial charge in [0.25, 0.3) is 0 Å². The summed E-state index contributed by atoms with van der Waals surface area (Å²) in [5.41, 5.74) is 5.14. The molecule has 0 N–H and O–H groups in total. The SMILES string of the molecule is Cc1cc(C)c2ncc(C#N)c(N3CCN(CC4CCOC4)CC3)c2c1. The summed E-state index contributed by atoms with van der Waals surface area (Å²) >= 11 is 0. The lowest BCUT2D eigenvalue weighted by molar-refractivity contribution is 0.164. The van der Waals surface area contributed by atoms with Gasteiger partial charge in [0.05, 0.1) is 23.4 Å². The van der Waals surface area contributed by atoms with Crippen molar-refractivity contribution in [3.63, 3.8) is 0 Å². The predicted octanol–water partition coefficient (Wildman–Crippen LogP) is 2.88. The second-order valence-corrected chi connectivity index (χ2v) is 7.63. The second kappa shape index (κ2) is 7.22. The number of hydrogen-bond acceptors (Lipinski definition) is 5. The Hall–Kier alpha value is -2.16. The fourth-order valence-corrected chi connectivity index (χ4v) is 4.32. The zero-order chi connectivity index (χ0) is 18.1. The van der Waals surface area contributed by atoms with E-state index in [4.69, 9.17) is 4.74 Å². The molecule has 0 bridgehead atoms. The first-order valence-corrected chi connectivity index (χ1v) is 9.51. The lowest BCUT2D eigenvalue weighted by atomic mass is 10.0. The van der Waals surface area contributed by atoms with Gasteiger partial charge in [-0.2, -0.15) is 5.26 Å². The van der Waals surface area contributed by atoms with Gasteiger partial charge >= 0.3 is 0 Å². The van der Waals surface area contributed by atoms with E-state index in [9.17, 15) is 5.26 Å². The van der Waals surface area contributed by atoms with Crippen molar-refractivity contribution in [1.29, 1.82) is 5.26 Å². The van der Waals surface area contributed by atoms with Gasteiger partial charge < -0.3 is 9.64 Å². The summed E-state index contributed by atoms with van der Waals surface area (Å²) < 4.78 is 5.51. The van der Waals surface area contributed by atoms with E-state index < -0.39 is 0 Å². The monoisotopic (exact) mass is 350 g/mol.